The van der Waals surface area contributed by atoms with Crippen molar-refractivity contribution in [2.75, 3.05) is 6.61 Å². The van der Waals surface area contributed by atoms with Gasteiger partial charge in [0.15, 0.2) is 0 Å². The molecule has 0 amide bonds. The first kappa shape index (κ1) is 12.3. The number of alkyl halides is 3. The second kappa shape index (κ2) is 4.83. The fourth-order valence-electron chi connectivity index (χ4n) is 1.75. The molecule has 1 aliphatic carbocycles. The number of aliphatic carboxylic acids is 1. The highest BCUT2D eigenvalue weighted by Gasteiger charge is 2.41. The fraction of sp³-hybridized carbons (Fsp3) is 0.889. The zero-order valence-corrected chi connectivity index (χ0v) is 8.09. The Morgan fingerprint density at radius 2 is 1.80 bits per heavy atom. The molecule has 0 unspecified atom stereocenters. The summed E-state index contributed by atoms with van der Waals surface area (Å²) in [5.74, 6) is -2.34. The molecule has 0 aromatic heterocycles. The van der Waals surface area contributed by atoms with E-state index < -0.39 is 24.7 Å². The highest BCUT2D eigenvalue weighted by atomic mass is 19.4. The third-order valence-corrected chi connectivity index (χ3v) is 2.58. The quantitative estimate of drug-likeness (QED) is 0.802. The highest BCUT2D eigenvalue weighted by Crippen LogP contribution is 2.38. The van der Waals surface area contributed by atoms with Gasteiger partial charge in [-0.1, -0.05) is 0 Å². The molecule has 0 heterocycles. The molecule has 0 atom stereocenters. The van der Waals surface area contributed by atoms with Crippen LogP contribution in [0, 0.1) is 5.92 Å². The van der Waals surface area contributed by atoms with Crippen molar-refractivity contribution in [3.63, 3.8) is 0 Å². The maximum absolute atomic E-state index is 12.2. The molecule has 0 bridgehead atoms. The van der Waals surface area contributed by atoms with Crippen molar-refractivity contribution < 1.29 is 27.8 Å². The third kappa shape index (κ3) is 4.07. The van der Waals surface area contributed by atoms with Gasteiger partial charge in [0.1, 0.15) is 6.61 Å². The van der Waals surface area contributed by atoms with Gasteiger partial charge in [0.25, 0.3) is 0 Å². The van der Waals surface area contributed by atoms with E-state index in [-0.39, 0.29) is 31.8 Å². The summed E-state index contributed by atoms with van der Waals surface area (Å²) in [7, 11) is 0. The number of hydrogen-bond acceptors (Lipinski definition) is 2. The smallest absolute Gasteiger partial charge is 0.391 e. The lowest BCUT2D eigenvalue weighted by Gasteiger charge is -2.29. The number of carboxylic acid groups (broad SMARTS) is 1. The number of carboxylic acids is 1. The van der Waals surface area contributed by atoms with Crippen molar-refractivity contribution in [1.29, 1.82) is 0 Å². The minimum atomic E-state index is -4.13. The summed E-state index contributed by atoms with van der Waals surface area (Å²) in [5, 5.41) is 8.32. The Morgan fingerprint density at radius 1 is 1.27 bits per heavy atom. The van der Waals surface area contributed by atoms with Crippen LogP contribution in [0.4, 0.5) is 13.2 Å². The highest BCUT2D eigenvalue weighted by molar-refractivity contribution is 5.68. The van der Waals surface area contributed by atoms with Crippen LogP contribution in [0.3, 0.4) is 0 Å². The zero-order chi connectivity index (χ0) is 11.5. The van der Waals surface area contributed by atoms with Crippen LogP contribution in [0.15, 0.2) is 0 Å². The predicted molar refractivity (Wildman–Crippen MR) is 45.4 cm³/mol. The number of hydrogen-bond donors (Lipinski definition) is 1. The van der Waals surface area contributed by atoms with Crippen LogP contribution in [0.2, 0.25) is 0 Å². The summed E-state index contributed by atoms with van der Waals surface area (Å²) in [4.78, 5) is 10.2. The number of ether oxygens (including phenoxy) is 1. The second-order valence-electron chi connectivity index (χ2n) is 3.72. The lowest BCUT2D eigenvalue weighted by molar-refractivity contribution is -0.188. The van der Waals surface area contributed by atoms with Crippen LogP contribution < -0.4 is 0 Å². The van der Waals surface area contributed by atoms with E-state index in [9.17, 15) is 18.0 Å². The molecule has 0 spiro atoms. The first-order chi connectivity index (χ1) is 6.89. The molecule has 1 fully saturated rings. The van der Waals surface area contributed by atoms with Crippen LogP contribution in [-0.2, 0) is 9.53 Å². The summed E-state index contributed by atoms with van der Waals surface area (Å²) in [6.45, 7) is -0.429. The van der Waals surface area contributed by atoms with Crippen LogP contribution >= 0.6 is 0 Å². The number of rotatable bonds is 3. The average molecular weight is 226 g/mol. The Labute approximate surface area is 85.2 Å². The van der Waals surface area contributed by atoms with Crippen molar-refractivity contribution in [2.24, 2.45) is 5.92 Å². The summed E-state index contributed by atoms with van der Waals surface area (Å²) >= 11 is 0. The van der Waals surface area contributed by atoms with Gasteiger partial charge >= 0.3 is 12.1 Å². The fourth-order valence-corrected chi connectivity index (χ4v) is 1.75. The maximum atomic E-state index is 12.2. The van der Waals surface area contributed by atoms with Gasteiger partial charge in [-0.25, -0.2) is 4.79 Å². The standard InChI is InChI=1S/C9H13F3O3/c10-9(11,12)6-1-3-7(4-2-6)15-5-8(13)14/h6-7H,1-5H2,(H,13,14). The lowest BCUT2D eigenvalue weighted by Crippen LogP contribution is -2.31. The Balaban J connectivity index is 2.27. The molecule has 0 radical (unpaired) electrons. The molecule has 0 aromatic rings. The molecule has 1 saturated carbocycles. The molecule has 1 rings (SSSR count). The van der Waals surface area contributed by atoms with Crippen LogP contribution in [0.1, 0.15) is 25.7 Å². The number of halogens is 3. The van der Waals surface area contributed by atoms with Crippen LogP contribution in [0.5, 0.6) is 0 Å². The first-order valence-corrected chi connectivity index (χ1v) is 4.79. The minimum Gasteiger partial charge on any atom is -0.480 e. The maximum Gasteiger partial charge on any atom is 0.391 e. The summed E-state index contributed by atoms with van der Waals surface area (Å²) in [6, 6.07) is 0. The van der Waals surface area contributed by atoms with E-state index in [4.69, 9.17) is 9.84 Å². The van der Waals surface area contributed by atoms with E-state index in [1.807, 2.05) is 0 Å². The second-order valence-corrected chi connectivity index (χ2v) is 3.72. The molecule has 6 heteroatoms. The third-order valence-electron chi connectivity index (χ3n) is 2.58. The SMILES string of the molecule is O=C(O)COC1CCC(C(F)(F)F)CC1. The molecular formula is C9H13F3O3. The lowest BCUT2D eigenvalue weighted by atomic mass is 9.87. The van der Waals surface area contributed by atoms with Gasteiger partial charge in [-0.2, -0.15) is 13.2 Å². The number of carbonyl (C=O) groups is 1. The monoisotopic (exact) mass is 226 g/mol. The summed E-state index contributed by atoms with van der Waals surface area (Å²) in [5.41, 5.74) is 0. The molecular weight excluding hydrogens is 213 g/mol. The Kier molecular flexibility index (Phi) is 3.96. The van der Waals surface area contributed by atoms with Gasteiger partial charge in [-0.15, -0.1) is 0 Å². The van der Waals surface area contributed by atoms with E-state index in [0.29, 0.717) is 0 Å². The zero-order valence-electron chi connectivity index (χ0n) is 8.09. The Morgan fingerprint density at radius 3 is 2.20 bits per heavy atom. The van der Waals surface area contributed by atoms with Gasteiger partial charge in [0, 0.05) is 0 Å². The summed E-state index contributed by atoms with van der Waals surface area (Å²) < 4.78 is 41.7. The molecule has 15 heavy (non-hydrogen) atoms. The van der Waals surface area contributed by atoms with Crippen molar-refractivity contribution in [2.45, 2.75) is 38.0 Å². The molecule has 1 aliphatic rings. The Hall–Kier alpha value is -0.780. The molecule has 88 valence electrons. The average Bonchev–Trinajstić information content (AvgIpc) is 2.14. The van der Waals surface area contributed by atoms with Gasteiger partial charge in [0.2, 0.25) is 0 Å². The van der Waals surface area contributed by atoms with Crippen molar-refractivity contribution in [1.82, 2.24) is 0 Å². The van der Waals surface area contributed by atoms with Gasteiger partial charge in [0.05, 0.1) is 12.0 Å². The first-order valence-electron chi connectivity index (χ1n) is 4.79. The van der Waals surface area contributed by atoms with Crippen molar-refractivity contribution in [3.05, 3.63) is 0 Å². The normalized spacial score (nSPS) is 27.7. The minimum absolute atomic E-state index is 0.0355. The largest absolute Gasteiger partial charge is 0.480 e. The molecule has 1 N–H and O–H groups in total. The van der Waals surface area contributed by atoms with E-state index in [0.717, 1.165) is 0 Å². The Bertz CT molecular complexity index is 219. The van der Waals surface area contributed by atoms with Gasteiger partial charge in [-0.05, 0) is 25.7 Å². The van der Waals surface area contributed by atoms with Gasteiger partial charge < -0.3 is 9.84 Å². The topological polar surface area (TPSA) is 46.5 Å². The molecule has 0 saturated heterocycles. The van der Waals surface area contributed by atoms with Gasteiger partial charge in [-0.3, -0.25) is 0 Å². The molecule has 0 aliphatic heterocycles. The van der Waals surface area contributed by atoms with Crippen molar-refractivity contribution >= 4 is 5.97 Å². The van der Waals surface area contributed by atoms with E-state index >= 15 is 0 Å². The molecule has 3 nitrogen and oxygen atoms in total. The van der Waals surface area contributed by atoms with E-state index in [1.54, 1.807) is 0 Å². The van der Waals surface area contributed by atoms with E-state index in [1.165, 1.54) is 0 Å². The predicted octanol–water partition coefficient (Wildman–Crippen LogP) is 2.21. The molecule has 0 aromatic carbocycles. The van der Waals surface area contributed by atoms with Crippen LogP contribution in [-0.4, -0.2) is 30.0 Å². The van der Waals surface area contributed by atoms with E-state index in [2.05, 4.69) is 0 Å². The van der Waals surface area contributed by atoms with Crippen molar-refractivity contribution in [3.8, 4) is 0 Å². The van der Waals surface area contributed by atoms with Crippen LogP contribution in [0.25, 0.3) is 0 Å². The summed E-state index contributed by atoms with van der Waals surface area (Å²) in [6.07, 6.45) is -3.81.